The molecule has 0 saturated heterocycles. The molecule has 1 aromatic carbocycles. The lowest BCUT2D eigenvalue weighted by Crippen LogP contribution is -2.12. The highest BCUT2D eigenvalue weighted by Crippen LogP contribution is 2.26. The summed E-state index contributed by atoms with van der Waals surface area (Å²) in [5.41, 5.74) is 2.05. The number of anilines is 1. The van der Waals surface area contributed by atoms with Crippen LogP contribution in [0.1, 0.15) is 30.6 Å². The molecule has 1 heterocycles. The Morgan fingerprint density at radius 2 is 2.20 bits per heavy atom. The van der Waals surface area contributed by atoms with E-state index in [4.69, 9.17) is 5.26 Å². The van der Waals surface area contributed by atoms with E-state index in [0.717, 1.165) is 22.3 Å². The summed E-state index contributed by atoms with van der Waals surface area (Å²) in [5, 5.41) is 12.4. The second-order valence-corrected chi connectivity index (χ2v) is 5.22. The number of nitrogens with zero attached hydrogens (tertiary/aromatic N) is 2. The number of nitrogens with one attached hydrogen (secondary N) is 1. The lowest BCUT2D eigenvalue weighted by Gasteiger charge is -2.18. The minimum absolute atomic E-state index is 0.0659. The molecule has 0 aliphatic rings. The van der Waals surface area contributed by atoms with Crippen molar-refractivity contribution in [1.29, 1.82) is 5.26 Å². The van der Waals surface area contributed by atoms with Gasteiger partial charge in [0.25, 0.3) is 0 Å². The molecule has 5 heteroatoms. The van der Waals surface area contributed by atoms with Crippen LogP contribution < -0.4 is 5.32 Å². The van der Waals surface area contributed by atoms with E-state index >= 15 is 0 Å². The van der Waals surface area contributed by atoms with Gasteiger partial charge in [-0.05, 0) is 36.8 Å². The zero-order valence-electron chi connectivity index (χ0n) is 10.9. The first-order valence-electron chi connectivity index (χ1n) is 6.21. The Morgan fingerprint density at radius 3 is 2.80 bits per heavy atom. The predicted molar refractivity (Wildman–Crippen MR) is 79.7 cm³/mol. The first-order valence-corrected chi connectivity index (χ1v) is 7.01. The molecular weight excluding hydrogens is 321 g/mol. The Hall–Kier alpha value is -1.93. The summed E-state index contributed by atoms with van der Waals surface area (Å²) < 4.78 is 13.8. The molecule has 1 aromatic heterocycles. The summed E-state index contributed by atoms with van der Waals surface area (Å²) in [6.07, 6.45) is 1.98. The monoisotopic (exact) mass is 333 g/mol. The fraction of sp³-hybridized carbons (Fsp3) is 0.200. The number of pyridine rings is 1. The van der Waals surface area contributed by atoms with Crippen LogP contribution in [0.25, 0.3) is 0 Å². The molecular formula is C15H13BrFN3. The number of benzene rings is 1. The van der Waals surface area contributed by atoms with E-state index in [9.17, 15) is 4.39 Å². The summed E-state index contributed by atoms with van der Waals surface area (Å²) in [6, 6.07) is 10.6. The second kappa shape index (κ2) is 6.49. The molecule has 0 bridgehead atoms. The van der Waals surface area contributed by atoms with E-state index in [0.29, 0.717) is 5.56 Å². The number of aromatic nitrogens is 1. The largest absolute Gasteiger partial charge is 0.376 e. The average Bonchev–Trinajstić information content (AvgIpc) is 2.47. The predicted octanol–water partition coefficient (Wildman–Crippen LogP) is 4.42. The lowest BCUT2D eigenvalue weighted by atomic mass is 10.1. The second-order valence-electron chi connectivity index (χ2n) is 4.31. The van der Waals surface area contributed by atoms with Gasteiger partial charge in [0.05, 0.1) is 29.2 Å². The highest BCUT2D eigenvalue weighted by molar-refractivity contribution is 9.10. The quantitative estimate of drug-likeness (QED) is 0.900. The van der Waals surface area contributed by atoms with Crippen molar-refractivity contribution in [1.82, 2.24) is 4.98 Å². The molecule has 0 saturated carbocycles. The van der Waals surface area contributed by atoms with Crippen molar-refractivity contribution in [3.8, 4) is 6.07 Å². The minimum atomic E-state index is -0.357. The van der Waals surface area contributed by atoms with Crippen LogP contribution in [0.5, 0.6) is 0 Å². The van der Waals surface area contributed by atoms with Gasteiger partial charge < -0.3 is 5.32 Å². The third kappa shape index (κ3) is 3.34. The number of nitriles is 1. The van der Waals surface area contributed by atoms with Crippen molar-refractivity contribution in [3.63, 3.8) is 0 Å². The Kier molecular flexibility index (Phi) is 4.70. The molecule has 2 aromatic rings. The summed E-state index contributed by atoms with van der Waals surface area (Å²) >= 11 is 3.34. The summed E-state index contributed by atoms with van der Waals surface area (Å²) in [5.74, 6) is -0.357. The number of halogens is 2. The third-order valence-electron chi connectivity index (χ3n) is 2.95. The number of hydrogen-bond donors (Lipinski definition) is 1. The van der Waals surface area contributed by atoms with E-state index in [1.54, 1.807) is 12.1 Å². The fourth-order valence-corrected chi connectivity index (χ4v) is 2.26. The number of hydrogen-bond acceptors (Lipinski definition) is 3. The van der Waals surface area contributed by atoms with Gasteiger partial charge in [-0.15, -0.1) is 0 Å². The molecule has 0 aliphatic heterocycles. The van der Waals surface area contributed by atoms with Crippen LogP contribution in [-0.2, 0) is 0 Å². The van der Waals surface area contributed by atoms with Crippen LogP contribution >= 0.6 is 15.9 Å². The normalized spacial score (nSPS) is 11.7. The molecule has 1 unspecified atom stereocenters. The molecule has 0 spiro atoms. The van der Waals surface area contributed by atoms with Crippen LogP contribution in [0, 0.1) is 17.1 Å². The fourth-order valence-electron chi connectivity index (χ4n) is 1.90. The lowest BCUT2D eigenvalue weighted by molar-refractivity contribution is 0.614. The van der Waals surface area contributed by atoms with Gasteiger partial charge in [-0.3, -0.25) is 4.98 Å². The average molecular weight is 334 g/mol. The van der Waals surface area contributed by atoms with Crippen LogP contribution in [0.15, 0.2) is 41.0 Å². The molecule has 0 fully saturated rings. The van der Waals surface area contributed by atoms with Crippen molar-refractivity contribution in [3.05, 3.63) is 58.1 Å². The summed E-state index contributed by atoms with van der Waals surface area (Å²) in [7, 11) is 0. The SMILES string of the molecule is CCC(Nc1ccc(Br)cc1C#N)c1ccc(F)cn1. The smallest absolute Gasteiger partial charge is 0.141 e. The van der Waals surface area contributed by atoms with Gasteiger partial charge in [0.15, 0.2) is 0 Å². The maximum Gasteiger partial charge on any atom is 0.141 e. The first-order chi connectivity index (χ1) is 9.63. The van der Waals surface area contributed by atoms with E-state index in [1.165, 1.54) is 12.3 Å². The zero-order chi connectivity index (χ0) is 14.5. The van der Waals surface area contributed by atoms with Gasteiger partial charge in [-0.2, -0.15) is 5.26 Å². The molecule has 0 amide bonds. The van der Waals surface area contributed by atoms with Crippen molar-refractivity contribution >= 4 is 21.6 Å². The van der Waals surface area contributed by atoms with Crippen LogP contribution in [-0.4, -0.2) is 4.98 Å². The maximum atomic E-state index is 12.9. The molecule has 1 atom stereocenters. The van der Waals surface area contributed by atoms with E-state index in [2.05, 4.69) is 32.3 Å². The first kappa shape index (κ1) is 14.5. The van der Waals surface area contributed by atoms with Crippen LogP contribution in [0.2, 0.25) is 0 Å². The van der Waals surface area contributed by atoms with Crippen molar-refractivity contribution in [2.45, 2.75) is 19.4 Å². The molecule has 0 aliphatic carbocycles. The van der Waals surface area contributed by atoms with Gasteiger partial charge in [-0.25, -0.2) is 4.39 Å². The molecule has 20 heavy (non-hydrogen) atoms. The zero-order valence-corrected chi connectivity index (χ0v) is 12.5. The van der Waals surface area contributed by atoms with Gasteiger partial charge in [-0.1, -0.05) is 22.9 Å². The molecule has 3 nitrogen and oxygen atoms in total. The van der Waals surface area contributed by atoms with Gasteiger partial charge in [0.2, 0.25) is 0 Å². The van der Waals surface area contributed by atoms with Gasteiger partial charge in [0, 0.05) is 4.47 Å². The molecule has 102 valence electrons. The molecule has 2 rings (SSSR count). The standard InChI is InChI=1S/C15H13BrFN3/c1-2-13(15-6-4-12(17)9-19-15)20-14-5-3-11(16)7-10(14)8-18/h3-7,9,13,20H,2H2,1H3. The van der Waals surface area contributed by atoms with Crippen molar-refractivity contribution < 1.29 is 4.39 Å². The Bertz CT molecular complexity index is 635. The Labute approximate surface area is 125 Å². The van der Waals surface area contributed by atoms with Crippen LogP contribution in [0.4, 0.5) is 10.1 Å². The molecule has 0 radical (unpaired) electrons. The van der Waals surface area contributed by atoms with E-state index in [-0.39, 0.29) is 11.9 Å². The summed E-state index contributed by atoms with van der Waals surface area (Å²) in [6.45, 7) is 2.01. The maximum absolute atomic E-state index is 12.9. The highest BCUT2D eigenvalue weighted by Gasteiger charge is 2.13. The Balaban J connectivity index is 2.27. The topological polar surface area (TPSA) is 48.7 Å². The van der Waals surface area contributed by atoms with Crippen molar-refractivity contribution in [2.75, 3.05) is 5.32 Å². The number of rotatable bonds is 4. The molecule has 1 N–H and O–H groups in total. The van der Waals surface area contributed by atoms with E-state index in [1.807, 2.05) is 19.1 Å². The van der Waals surface area contributed by atoms with E-state index < -0.39 is 0 Å². The summed E-state index contributed by atoms with van der Waals surface area (Å²) in [4.78, 5) is 4.09. The Morgan fingerprint density at radius 1 is 1.40 bits per heavy atom. The van der Waals surface area contributed by atoms with Crippen LogP contribution in [0.3, 0.4) is 0 Å². The van der Waals surface area contributed by atoms with Gasteiger partial charge >= 0.3 is 0 Å². The van der Waals surface area contributed by atoms with Gasteiger partial charge in [0.1, 0.15) is 11.9 Å². The minimum Gasteiger partial charge on any atom is -0.376 e. The van der Waals surface area contributed by atoms with Crippen molar-refractivity contribution in [2.24, 2.45) is 0 Å². The third-order valence-corrected chi connectivity index (χ3v) is 3.44. The highest BCUT2D eigenvalue weighted by atomic mass is 79.9.